The Balaban J connectivity index is 2.41. The highest BCUT2D eigenvalue weighted by molar-refractivity contribution is 5.78. The lowest BCUT2D eigenvalue weighted by Gasteiger charge is -2.15. The van der Waals surface area contributed by atoms with E-state index in [0.29, 0.717) is 12.3 Å². The van der Waals surface area contributed by atoms with E-state index in [4.69, 9.17) is 16.2 Å². The number of nitrogen functional groups attached to an aromatic ring is 2. The van der Waals surface area contributed by atoms with Crippen LogP contribution in [0.15, 0.2) is 12.1 Å². The molecule has 0 aliphatic carbocycles. The Labute approximate surface area is 142 Å². The third-order valence-corrected chi connectivity index (χ3v) is 3.83. The van der Waals surface area contributed by atoms with E-state index < -0.39 is 0 Å². The lowest BCUT2D eigenvalue weighted by molar-refractivity contribution is 0.306. The van der Waals surface area contributed by atoms with Crippen molar-refractivity contribution in [1.82, 2.24) is 9.97 Å². The number of ether oxygens (including phenoxy) is 1. The maximum Gasteiger partial charge on any atom is 0.222 e. The number of unbranched alkanes of at least 4 members (excludes halogenated alkanes) is 2. The summed E-state index contributed by atoms with van der Waals surface area (Å²) in [7, 11) is 0. The second-order valence-corrected chi connectivity index (χ2v) is 5.79. The molecule has 126 valence electrons. The summed E-state index contributed by atoms with van der Waals surface area (Å²) >= 11 is 0. The zero-order valence-corrected chi connectivity index (χ0v) is 14.4. The van der Waals surface area contributed by atoms with Crippen LogP contribution in [0.2, 0.25) is 0 Å². The van der Waals surface area contributed by atoms with Gasteiger partial charge in [-0.15, -0.1) is 0 Å². The maximum atomic E-state index is 9.38. The lowest BCUT2D eigenvalue weighted by atomic mass is 9.96. The van der Waals surface area contributed by atoms with Gasteiger partial charge < -0.3 is 16.2 Å². The van der Waals surface area contributed by atoms with Crippen molar-refractivity contribution in [2.75, 3.05) is 18.1 Å². The first-order valence-electron chi connectivity index (χ1n) is 8.05. The summed E-state index contributed by atoms with van der Waals surface area (Å²) in [5.41, 5.74) is 15.0. The fraction of sp³-hybridized carbons (Fsp3) is 0.389. The second-order valence-electron chi connectivity index (χ2n) is 5.79. The third-order valence-electron chi connectivity index (χ3n) is 3.83. The molecular formula is C18H23N5O. The molecule has 1 heterocycles. The molecular weight excluding hydrogens is 302 g/mol. The van der Waals surface area contributed by atoms with Crippen molar-refractivity contribution < 1.29 is 4.74 Å². The van der Waals surface area contributed by atoms with Gasteiger partial charge >= 0.3 is 0 Å². The summed E-state index contributed by atoms with van der Waals surface area (Å²) in [6.45, 7) is 6.77. The molecule has 0 unspecified atom stereocenters. The minimum Gasteiger partial charge on any atom is -0.494 e. The summed E-state index contributed by atoms with van der Waals surface area (Å²) in [6.07, 6.45) is 3.35. The Bertz CT molecular complexity index is 757. The Kier molecular flexibility index (Phi) is 5.59. The van der Waals surface area contributed by atoms with Crippen LogP contribution in [0, 0.1) is 25.2 Å². The number of hydrogen-bond donors (Lipinski definition) is 2. The van der Waals surface area contributed by atoms with Gasteiger partial charge in [0, 0.05) is 5.56 Å². The average Bonchev–Trinajstić information content (AvgIpc) is 2.50. The van der Waals surface area contributed by atoms with Gasteiger partial charge in [-0.3, -0.25) is 0 Å². The van der Waals surface area contributed by atoms with Crippen LogP contribution in [0.1, 0.15) is 42.9 Å². The van der Waals surface area contributed by atoms with Gasteiger partial charge in [0.25, 0.3) is 0 Å². The lowest BCUT2D eigenvalue weighted by Crippen LogP contribution is -2.06. The highest BCUT2D eigenvalue weighted by Crippen LogP contribution is 2.33. The number of anilines is 2. The van der Waals surface area contributed by atoms with Crippen molar-refractivity contribution in [3.05, 3.63) is 28.8 Å². The Hall–Kier alpha value is -2.81. The third kappa shape index (κ3) is 3.74. The second kappa shape index (κ2) is 7.64. The van der Waals surface area contributed by atoms with Crippen LogP contribution in [0.5, 0.6) is 5.75 Å². The number of nitriles is 1. The Morgan fingerprint density at radius 2 is 1.79 bits per heavy atom. The summed E-state index contributed by atoms with van der Waals surface area (Å²) in [6, 6.07) is 5.97. The molecule has 1 aromatic carbocycles. The highest BCUT2D eigenvalue weighted by Gasteiger charge is 2.17. The Morgan fingerprint density at radius 1 is 1.12 bits per heavy atom. The van der Waals surface area contributed by atoms with E-state index in [1.54, 1.807) is 0 Å². The van der Waals surface area contributed by atoms with Crippen molar-refractivity contribution in [2.24, 2.45) is 0 Å². The number of rotatable bonds is 6. The molecule has 0 radical (unpaired) electrons. The van der Waals surface area contributed by atoms with Gasteiger partial charge in [0.2, 0.25) is 5.95 Å². The van der Waals surface area contributed by atoms with Crippen molar-refractivity contribution >= 4 is 11.8 Å². The van der Waals surface area contributed by atoms with Gasteiger partial charge in [-0.2, -0.15) is 10.2 Å². The first-order chi connectivity index (χ1) is 11.5. The molecule has 0 saturated heterocycles. The number of aromatic nitrogens is 2. The monoisotopic (exact) mass is 325 g/mol. The maximum absolute atomic E-state index is 9.38. The molecule has 0 saturated carbocycles. The number of nitrogens with zero attached hydrogens (tertiary/aromatic N) is 3. The molecule has 1 aromatic heterocycles. The summed E-state index contributed by atoms with van der Waals surface area (Å²) in [4.78, 5) is 8.10. The van der Waals surface area contributed by atoms with Crippen LogP contribution in [0.3, 0.4) is 0 Å². The Morgan fingerprint density at radius 3 is 2.38 bits per heavy atom. The highest BCUT2D eigenvalue weighted by atomic mass is 16.5. The van der Waals surface area contributed by atoms with E-state index in [0.717, 1.165) is 41.7 Å². The molecule has 0 bridgehead atoms. The fourth-order valence-electron chi connectivity index (χ4n) is 2.71. The molecule has 6 heteroatoms. The number of benzene rings is 1. The molecule has 0 aliphatic rings. The van der Waals surface area contributed by atoms with E-state index in [2.05, 4.69) is 23.0 Å². The molecule has 2 aromatic rings. The fourth-order valence-corrected chi connectivity index (χ4v) is 2.71. The largest absolute Gasteiger partial charge is 0.494 e. The molecule has 0 fully saturated rings. The van der Waals surface area contributed by atoms with Crippen LogP contribution in [-0.4, -0.2) is 16.6 Å². The molecule has 24 heavy (non-hydrogen) atoms. The zero-order valence-electron chi connectivity index (χ0n) is 14.4. The van der Waals surface area contributed by atoms with Crippen LogP contribution in [0.25, 0.3) is 11.3 Å². The van der Waals surface area contributed by atoms with Gasteiger partial charge in [-0.05, 0) is 43.5 Å². The molecule has 4 N–H and O–H groups in total. The summed E-state index contributed by atoms with van der Waals surface area (Å²) in [5.74, 6) is 0.970. The van der Waals surface area contributed by atoms with Crippen LogP contribution < -0.4 is 16.2 Å². The van der Waals surface area contributed by atoms with Gasteiger partial charge in [-0.25, -0.2) is 4.98 Å². The predicted molar refractivity (Wildman–Crippen MR) is 95.5 cm³/mol. The van der Waals surface area contributed by atoms with Gasteiger partial charge in [0.15, 0.2) is 0 Å². The first-order valence-corrected chi connectivity index (χ1v) is 8.05. The minimum absolute atomic E-state index is 0.0557. The number of hydrogen-bond acceptors (Lipinski definition) is 6. The van der Waals surface area contributed by atoms with E-state index in [1.165, 1.54) is 0 Å². The van der Waals surface area contributed by atoms with E-state index in [9.17, 15) is 5.26 Å². The van der Waals surface area contributed by atoms with Crippen LogP contribution in [-0.2, 0) is 0 Å². The molecule has 0 spiro atoms. The van der Waals surface area contributed by atoms with Gasteiger partial charge in [0.05, 0.1) is 12.3 Å². The molecule has 2 rings (SSSR count). The topological polar surface area (TPSA) is 111 Å². The molecule has 0 amide bonds. The van der Waals surface area contributed by atoms with Crippen molar-refractivity contribution in [2.45, 2.75) is 40.0 Å². The van der Waals surface area contributed by atoms with Gasteiger partial charge in [-0.1, -0.05) is 19.8 Å². The molecule has 0 atom stereocenters. The summed E-state index contributed by atoms with van der Waals surface area (Å²) in [5, 5.41) is 9.38. The smallest absolute Gasteiger partial charge is 0.222 e. The zero-order chi connectivity index (χ0) is 17.7. The van der Waals surface area contributed by atoms with E-state index >= 15 is 0 Å². The molecule has 6 nitrogen and oxygen atoms in total. The van der Waals surface area contributed by atoms with Gasteiger partial charge in [0.1, 0.15) is 23.2 Å². The van der Waals surface area contributed by atoms with Crippen LogP contribution in [0.4, 0.5) is 11.8 Å². The quantitative estimate of drug-likeness (QED) is 0.788. The van der Waals surface area contributed by atoms with Crippen molar-refractivity contribution in [1.29, 1.82) is 5.26 Å². The normalized spacial score (nSPS) is 10.4. The van der Waals surface area contributed by atoms with Crippen LogP contribution >= 0.6 is 0 Å². The first kappa shape index (κ1) is 17.5. The number of nitrogens with two attached hydrogens (primary N) is 2. The number of aryl methyl sites for hydroxylation is 2. The van der Waals surface area contributed by atoms with E-state index in [-0.39, 0.29) is 17.3 Å². The standard InChI is InChI=1S/C18H23N5O/c1-4-5-6-7-24-13-8-11(2)15(12(3)9-13)16-14(10-19)17(20)23-18(21)22-16/h8-9H,4-7H2,1-3H3,(H4,20,21,22,23). The van der Waals surface area contributed by atoms with Crippen molar-refractivity contribution in [3.8, 4) is 23.1 Å². The average molecular weight is 325 g/mol. The minimum atomic E-state index is 0.0557. The molecule has 0 aliphatic heterocycles. The SMILES string of the molecule is CCCCCOc1cc(C)c(-c2nc(N)nc(N)c2C#N)c(C)c1. The summed E-state index contributed by atoms with van der Waals surface area (Å²) < 4.78 is 5.82. The predicted octanol–water partition coefficient (Wildman–Crippen LogP) is 3.37. The van der Waals surface area contributed by atoms with E-state index in [1.807, 2.05) is 26.0 Å². The van der Waals surface area contributed by atoms with Crippen molar-refractivity contribution in [3.63, 3.8) is 0 Å².